The molecule has 1 rings (SSSR count). The molecule has 0 saturated carbocycles. The number of carbonyl (C=O) groups excluding carboxylic acids is 1. The van der Waals surface area contributed by atoms with E-state index in [1.807, 2.05) is 30.3 Å². The van der Waals surface area contributed by atoms with Gasteiger partial charge in [0.1, 0.15) is 6.61 Å². The Morgan fingerprint density at radius 3 is 2.39 bits per heavy atom. The smallest absolute Gasteiger partial charge is 0.306 e. The summed E-state index contributed by atoms with van der Waals surface area (Å²) in [6, 6.07) is 9.79. The number of ether oxygens (including phenoxy) is 1. The first kappa shape index (κ1) is 15.2. The Bertz CT molecular complexity index is 325. The molecule has 0 radical (unpaired) electrons. The molecule has 0 amide bonds. The summed E-state index contributed by atoms with van der Waals surface area (Å²) >= 11 is 3.41. The highest BCUT2D eigenvalue weighted by Gasteiger charge is 2.02. The van der Waals surface area contributed by atoms with Gasteiger partial charge in [0.15, 0.2) is 0 Å². The normalized spacial score (nSPS) is 10.3. The zero-order chi connectivity index (χ0) is 13.1. The van der Waals surface area contributed by atoms with Crippen LogP contribution in [-0.2, 0) is 16.1 Å². The third kappa shape index (κ3) is 7.49. The molecule has 0 fully saturated rings. The zero-order valence-electron chi connectivity index (χ0n) is 10.7. The van der Waals surface area contributed by atoms with Crippen molar-refractivity contribution < 1.29 is 9.53 Å². The number of hydrogen-bond donors (Lipinski definition) is 0. The number of halogens is 1. The van der Waals surface area contributed by atoms with E-state index in [1.54, 1.807) is 0 Å². The first-order chi connectivity index (χ1) is 8.83. The van der Waals surface area contributed by atoms with Gasteiger partial charge in [0.2, 0.25) is 0 Å². The molecule has 100 valence electrons. The third-order valence-corrected chi connectivity index (χ3v) is 3.32. The van der Waals surface area contributed by atoms with Crippen molar-refractivity contribution in [2.24, 2.45) is 0 Å². The highest BCUT2D eigenvalue weighted by Crippen LogP contribution is 2.08. The number of hydrogen-bond acceptors (Lipinski definition) is 2. The molecule has 1 aromatic carbocycles. The summed E-state index contributed by atoms with van der Waals surface area (Å²) in [5, 5.41) is 1.08. The van der Waals surface area contributed by atoms with Crippen LogP contribution in [0, 0.1) is 0 Å². The molecule has 2 nitrogen and oxygen atoms in total. The van der Waals surface area contributed by atoms with Crippen LogP contribution in [0.4, 0.5) is 0 Å². The maximum Gasteiger partial charge on any atom is 0.306 e. The minimum Gasteiger partial charge on any atom is -0.461 e. The lowest BCUT2D eigenvalue weighted by molar-refractivity contribution is -0.145. The molecule has 0 spiro atoms. The number of benzene rings is 1. The van der Waals surface area contributed by atoms with E-state index >= 15 is 0 Å². The van der Waals surface area contributed by atoms with Gasteiger partial charge in [-0.25, -0.2) is 0 Å². The monoisotopic (exact) mass is 312 g/mol. The lowest BCUT2D eigenvalue weighted by Crippen LogP contribution is -2.04. The van der Waals surface area contributed by atoms with E-state index in [1.165, 1.54) is 19.3 Å². The van der Waals surface area contributed by atoms with Crippen LogP contribution < -0.4 is 0 Å². The van der Waals surface area contributed by atoms with Crippen LogP contribution in [0.25, 0.3) is 0 Å². The van der Waals surface area contributed by atoms with Crippen LogP contribution >= 0.6 is 15.9 Å². The molecule has 0 aromatic heterocycles. The van der Waals surface area contributed by atoms with E-state index < -0.39 is 0 Å². The predicted molar refractivity (Wildman–Crippen MR) is 77.7 cm³/mol. The molecule has 3 heteroatoms. The van der Waals surface area contributed by atoms with Crippen LogP contribution in [0.5, 0.6) is 0 Å². The minimum atomic E-state index is -0.0839. The first-order valence-electron chi connectivity index (χ1n) is 6.58. The van der Waals surface area contributed by atoms with Crippen molar-refractivity contribution in [2.75, 3.05) is 5.33 Å². The van der Waals surface area contributed by atoms with Crippen molar-refractivity contribution in [2.45, 2.75) is 45.1 Å². The van der Waals surface area contributed by atoms with Crippen molar-refractivity contribution >= 4 is 21.9 Å². The van der Waals surface area contributed by atoms with Crippen LogP contribution in [0.3, 0.4) is 0 Å². The molecule has 0 bridgehead atoms. The Hall–Kier alpha value is -0.830. The molecule has 0 atom stereocenters. The summed E-state index contributed by atoms with van der Waals surface area (Å²) in [7, 11) is 0. The maximum atomic E-state index is 11.5. The van der Waals surface area contributed by atoms with E-state index in [9.17, 15) is 4.79 Å². The Morgan fingerprint density at radius 1 is 1.00 bits per heavy atom. The molecule has 0 saturated heterocycles. The van der Waals surface area contributed by atoms with Gasteiger partial charge in [-0.15, -0.1) is 0 Å². The fraction of sp³-hybridized carbons (Fsp3) is 0.533. The Kier molecular flexibility index (Phi) is 8.57. The second-order valence-corrected chi connectivity index (χ2v) is 5.15. The van der Waals surface area contributed by atoms with Crippen LogP contribution in [0.1, 0.15) is 44.1 Å². The average molecular weight is 313 g/mol. The van der Waals surface area contributed by atoms with Gasteiger partial charge in [-0.05, 0) is 18.4 Å². The molecule has 0 aliphatic rings. The van der Waals surface area contributed by atoms with Gasteiger partial charge in [0.05, 0.1) is 0 Å². The van der Waals surface area contributed by atoms with Crippen molar-refractivity contribution in [3.8, 4) is 0 Å². The van der Waals surface area contributed by atoms with E-state index in [0.717, 1.165) is 23.7 Å². The van der Waals surface area contributed by atoms with Crippen molar-refractivity contribution in [1.82, 2.24) is 0 Å². The van der Waals surface area contributed by atoms with Crippen molar-refractivity contribution in [3.63, 3.8) is 0 Å². The second kappa shape index (κ2) is 10.1. The van der Waals surface area contributed by atoms with Gasteiger partial charge < -0.3 is 4.74 Å². The molecular formula is C15H21BrO2. The Balaban J connectivity index is 2.01. The summed E-state index contributed by atoms with van der Waals surface area (Å²) in [5.41, 5.74) is 1.04. The Morgan fingerprint density at radius 2 is 1.67 bits per heavy atom. The zero-order valence-corrected chi connectivity index (χ0v) is 12.3. The number of rotatable bonds is 9. The van der Waals surface area contributed by atoms with Crippen LogP contribution in [0.2, 0.25) is 0 Å². The molecular weight excluding hydrogens is 292 g/mol. The lowest BCUT2D eigenvalue weighted by Gasteiger charge is -2.04. The number of alkyl halides is 1. The fourth-order valence-electron chi connectivity index (χ4n) is 1.70. The summed E-state index contributed by atoms with van der Waals surface area (Å²) < 4.78 is 5.21. The molecule has 0 aliphatic carbocycles. The highest BCUT2D eigenvalue weighted by molar-refractivity contribution is 9.09. The number of unbranched alkanes of at least 4 members (excludes halogenated alkanes) is 4. The van der Waals surface area contributed by atoms with Gasteiger partial charge in [0, 0.05) is 11.8 Å². The molecule has 0 unspecified atom stereocenters. The summed E-state index contributed by atoms with van der Waals surface area (Å²) in [4.78, 5) is 11.5. The van der Waals surface area contributed by atoms with E-state index in [4.69, 9.17) is 4.74 Å². The van der Waals surface area contributed by atoms with Gasteiger partial charge in [0.25, 0.3) is 0 Å². The van der Waals surface area contributed by atoms with Gasteiger partial charge in [-0.2, -0.15) is 0 Å². The molecule has 18 heavy (non-hydrogen) atoms. The predicted octanol–water partition coefficient (Wildman–Crippen LogP) is 4.47. The van der Waals surface area contributed by atoms with Crippen LogP contribution in [0.15, 0.2) is 30.3 Å². The van der Waals surface area contributed by atoms with E-state index in [0.29, 0.717) is 13.0 Å². The average Bonchev–Trinajstić information content (AvgIpc) is 2.41. The van der Waals surface area contributed by atoms with E-state index in [2.05, 4.69) is 15.9 Å². The molecule has 0 aliphatic heterocycles. The van der Waals surface area contributed by atoms with E-state index in [-0.39, 0.29) is 5.97 Å². The van der Waals surface area contributed by atoms with Gasteiger partial charge in [-0.1, -0.05) is 65.5 Å². The number of esters is 1. The quantitative estimate of drug-likeness (QED) is 0.382. The van der Waals surface area contributed by atoms with Crippen LogP contribution in [-0.4, -0.2) is 11.3 Å². The Labute approximate surface area is 118 Å². The maximum absolute atomic E-state index is 11.5. The number of carbonyl (C=O) groups is 1. The standard InChI is InChI=1S/C15H21BrO2/c16-12-8-3-1-2-7-11-15(17)18-13-14-9-5-4-6-10-14/h4-6,9-10H,1-3,7-8,11-13H2. The summed E-state index contributed by atoms with van der Waals surface area (Å²) in [6.07, 6.45) is 6.27. The molecule has 0 heterocycles. The summed E-state index contributed by atoms with van der Waals surface area (Å²) in [5.74, 6) is -0.0839. The van der Waals surface area contributed by atoms with Crippen molar-refractivity contribution in [1.29, 1.82) is 0 Å². The first-order valence-corrected chi connectivity index (χ1v) is 7.70. The third-order valence-electron chi connectivity index (χ3n) is 2.76. The molecule has 1 aromatic rings. The second-order valence-electron chi connectivity index (χ2n) is 4.35. The molecule has 0 N–H and O–H groups in total. The van der Waals surface area contributed by atoms with Gasteiger partial charge in [-0.3, -0.25) is 4.79 Å². The lowest BCUT2D eigenvalue weighted by atomic mass is 10.1. The summed E-state index contributed by atoms with van der Waals surface area (Å²) in [6.45, 7) is 0.392. The topological polar surface area (TPSA) is 26.3 Å². The van der Waals surface area contributed by atoms with Gasteiger partial charge >= 0.3 is 5.97 Å². The fourth-order valence-corrected chi connectivity index (χ4v) is 2.10. The minimum absolute atomic E-state index is 0.0839. The highest BCUT2D eigenvalue weighted by atomic mass is 79.9. The largest absolute Gasteiger partial charge is 0.461 e. The SMILES string of the molecule is O=C(CCCCCCCBr)OCc1ccccc1. The van der Waals surface area contributed by atoms with Crippen molar-refractivity contribution in [3.05, 3.63) is 35.9 Å².